The molecule has 0 bridgehead atoms. The van der Waals surface area contributed by atoms with Crippen LogP contribution in [0.1, 0.15) is 21.5 Å². The third-order valence-electron chi connectivity index (χ3n) is 3.23. The molecule has 0 atom stereocenters. The number of aryl methyl sites for hydroxylation is 1. The van der Waals surface area contributed by atoms with Gasteiger partial charge in [0, 0.05) is 9.26 Å². The van der Waals surface area contributed by atoms with Crippen LogP contribution in [-0.4, -0.2) is 19.5 Å². The van der Waals surface area contributed by atoms with E-state index in [2.05, 4.69) is 27.3 Å². The van der Waals surface area contributed by atoms with Gasteiger partial charge in [0.15, 0.2) is 0 Å². The van der Waals surface area contributed by atoms with Crippen molar-refractivity contribution in [3.63, 3.8) is 0 Å². The van der Waals surface area contributed by atoms with Crippen molar-refractivity contribution in [1.82, 2.24) is 0 Å². The molecule has 0 fully saturated rings. The first-order valence-electron chi connectivity index (χ1n) is 6.33. The number of hydrogen-bond acceptors (Lipinski definition) is 3. The Morgan fingerprint density at radius 2 is 1.86 bits per heavy atom. The number of carbonyl (C=O) groups is 1. The Kier molecular flexibility index (Phi) is 4.76. The molecule has 0 aliphatic carbocycles. The Bertz CT molecular complexity index is 847. The van der Waals surface area contributed by atoms with E-state index in [9.17, 15) is 13.2 Å². The molecule has 0 spiro atoms. The van der Waals surface area contributed by atoms with Gasteiger partial charge in [0.2, 0.25) is 0 Å². The van der Waals surface area contributed by atoms with Crippen LogP contribution in [0.15, 0.2) is 41.3 Å². The monoisotopic (exact) mass is 431 g/mol. The molecule has 22 heavy (non-hydrogen) atoms. The second-order valence-corrected chi connectivity index (χ2v) is 7.73. The minimum atomic E-state index is -3.86. The second kappa shape index (κ2) is 6.25. The zero-order valence-electron chi connectivity index (χ0n) is 11.9. The van der Waals surface area contributed by atoms with E-state index in [-0.39, 0.29) is 10.5 Å². The molecule has 0 saturated heterocycles. The van der Waals surface area contributed by atoms with Gasteiger partial charge < -0.3 is 5.11 Å². The quantitative estimate of drug-likeness (QED) is 0.727. The van der Waals surface area contributed by atoms with Gasteiger partial charge in [-0.2, -0.15) is 0 Å². The Balaban J connectivity index is 2.51. The Hall–Kier alpha value is -1.61. The summed E-state index contributed by atoms with van der Waals surface area (Å²) in [6.07, 6.45) is 0. The number of benzene rings is 2. The number of nitrogens with one attached hydrogen (secondary N) is 1. The van der Waals surface area contributed by atoms with Gasteiger partial charge in [0.05, 0.1) is 10.5 Å². The first kappa shape index (κ1) is 16.8. The van der Waals surface area contributed by atoms with Gasteiger partial charge in [-0.15, -0.1) is 0 Å². The molecule has 0 aromatic heterocycles. The Labute approximate surface area is 142 Å². The van der Waals surface area contributed by atoms with E-state index in [0.717, 1.165) is 3.57 Å². The molecule has 0 amide bonds. The van der Waals surface area contributed by atoms with Gasteiger partial charge in [0.1, 0.15) is 0 Å². The predicted molar refractivity (Wildman–Crippen MR) is 92.8 cm³/mol. The summed E-state index contributed by atoms with van der Waals surface area (Å²) in [4.78, 5) is 11.1. The molecule has 2 rings (SSSR count). The van der Waals surface area contributed by atoms with Gasteiger partial charge in [-0.3, -0.25) is 4.72 Å². The van der Waals surface area contributed by atoms with Crippen molar-refractivity contribution in [1.29, 1.82) is 0 Å². The summed E-state index contributed by atoms with van der Waals surface area (Å²) in [7, 11) is -3.86. The van der Waals surface area contributed by atoms with Gasteiger partial charge in [-0.25, -0.2) is 13.2 Å². The van der Waals surface area contributed by atoms with Crippen molar-refractivity contribution in [2.75, 3.05) is 4.72 Å². The van der Waals surface area contributed by atoms with Crippen LogP contribution < -0.4 is 4.72 Å². The van der Waals surface area contributed by atoms with Gasteiger partial charge in [0.25, 0.3) is 10.0 Å². The number of sulfonamides is 1. The highest BCUT2D eigenvalue weighted by Gasteiger charge is 2.21. The number of aromatic carboxylic acids is 1. The van der Waals surface area contributed by atoms with Crippen LogP contribution in [0, 0.1) is 17.4 Å². The van der Waals surface area contributed by atoms with Crippen LogP contribution in [0.25, 0.3) is 0 Å². The highest BCUT2D eigenvalue weighted by molar-refractivity contribution is 14.1. The normalized spacial score (nSPS) is 11.2. The lowest BCUT2D eigenvalue weighted by Gasteiger charge is -2.13. The van der Waals surface area contributed by atoms with Crippen molar-refractivity contribution >= 4 is 44.3 Å². The van der Waals surface area contributed by atoms with E-state index < -0.39 is 16.0 Å². The predicted octanol–water partition coefficient (Wildman–Crippen LogP) is 3.41. The van der Waals surface area contributed by atoms with E-state index in [1.54, 1.807) is 32.0 Å². The lowest BCUT2D eigenvalue weighted by molar-refractivity contribution is 0.0696. The summed E-state index contributed by atoms with van der Waals surface area (Å²) in [5, 5.41) is 9.10. The van der Waals surface area contributed by atoms with Gasteiger partial charge in [-0.05, 0) is 77.9 Å². The number of hydrogen-bond donors (Lipinski definition) is 2. The average molecular weight is 431 g/mol. The molecule has 5 nitrogen and oxygen atoms in total. The van der Waals surface area contributed by atoms with Crippen LogP contribution in [0.3, 0.4) is 0 Å². The zero-order valence-corrected chi connectivity index (χ0v) is 14.9. The lowest BCUT2D eigenvalue weighted by Crippen LogP contribution is -2.16. The fraction of sp³-hybridized carbons (Fsp3) is 0.133. The smallest absolute Gasteiger partial charge is 0.335 e. The Morgan fingerprint density at radius 3 is 2.45 bits per heavy atom. The molecule has 0 saturated carbocycles. The Morgan fingerprint density at radius 1 is 1.18 bits per heavy atom. The third-order valence-corrected chi connectivity index (χ3v) is 5.41. The minimum absolute atomic E-state index is 0.0243. The molecule has 0 unspecified atom stereocenters. The molecular weight excluding hydrogens is 417 g/mol. The van der Waals surface area contributed by atoms with E-state index in [0.29, 0.717) is 16.8 Å². The minimum Gasteiger partial charge on any atom is -0.478 e. The lowest BCUT2D eigenvalue weighted by atomic mass is 10.1. The standard InChI is InChI=1S/C15H14INO4S/c1-9-6-11(15(18)19)7-14(10(9)2)22(20,21)17-13-5-3-4-12(16)8-13/h3-8,17H,1-2H3,(H,18,19). The van der Waals surface area contributed by atoms with Crippen molar-refractivity contribution in [2.45, 2.75) is 18.7 Å². The summed E-state index contributed by atoms with van der Waals surface area (Å²) in [5.74, 6) is -1.16. The largest absolute Gasteiger partial charge is 0.478 e. The number of carboxylic acids is 1. The van der Waals surface area contributed by atoms with Crippen LogP contribution in [0.5, 0.6) is 0 Å². The van der Waals surface area contributed by atoms with Crippen LogP contribution >= 0.6 is 22.6 Å². The number of anilines is 1. The number of rotatable bonds is 4. The molecule has 7 heteroatoms. The molecule has 0 radical (unpaired) electrons. The summed E-state index contributed by atoms with van der Waals surface area (Å²) in [5.41, 5.74) is 1.53. The molecular formula is C15H14INO4S. The summed E-state index contributed by atoms with van der Waals surface area (Å²) < 4.78 is 28.5. The molecule has 2 aromatic rings. The maximum atomic E-state index is 12.6. The SMILES string of the molecule is Cc1cc(C(=O)O)cc(S(=O)(=O)Nc2cccc(I)c2)c1C. The molecule has 2 aromatic carbocycles. The van der Waals surface area contributed by atoms with Crippen molar-refractivity contribution in [2.24, 2.45) is 0 Å². The summed E-state index contributed by atoms with van der Waals surface area (Å²) in [6.45, 7) is 3.34. The van der Waals surface area contributed by atoms with Crippen LogP contribution in [0.4, 0.5) is 5.69 Å². The zero-order chi connectivity index (χ0) is 16.5. The molecule has 2 N–H and O–H groups in total. The highest BCUT2D eigenvalue weighted by Crippen LogP contribution is 2.24. The average Bonchev–Trinajstić information content (AvgIpc) is 2.40. The topological polar surface area (TPSA) is 83.5 Å². The van der Waals surface area contributed by atoms with Gasteiger partial charge in [-0.1, -0.05) is 6.07 Å². The highest BCUT2D eigenvalue weighted by atomic mass is 127. The van der Waals surface area contributed by atoms with E-state index in [1.165, 1.54) is 12.1 Å². The second-order valence-electron chi connectivity index (χ2n) is 4.84. The van der Waals surface area contributed by atoms with Gasteiger partial charge >= 0.3 is 5.97 Å². The summed E-state index contributed by atoms with van der Waals surface area (Å²) >= 11 is 2.09. The fourth-order valence-corrected chi connectivity index (χ4v) is 3.93. The summed E-state index contributed by atoms with van der Waals surface area (Å²) in [6, 6.07) is 9.57. The molecule has 116 valence electrons. The number of carboxylic acid groups (broad SMARTS) is 1. The fourth-order valence-electron chi connectivity index (χ4n) is 1.99. The molecule has 0 aliphatic heterocycles. The maximum Gasteiger partial charge on any atom is 0.335 e. The van der Waals surface area contributed by atoms with E-state index in [4.69, 9.17) is 5.11 Å². The van der Waals surface area contributed by atoms with Crippen LogP contribution in [0.2, 0.25) is 0 Å². The van der Waals surface area contributed by atoms with Crippen LogP contribution in [-0.2, 0) is 10.0 Å². The first-order valence-corrected chi connectivity index (χ1v) is 8.90. The van der Waals surface area contributed by atoms with E-state index >= 15 is 0 Å². The first-order chi connectivity index (χ1) is 10.2. The molecule has 0 aliphatic rings. The number of halogens is 1. The van der Waals surface area contributed by atoms with E-state index in [1.807, 2.05) is 6.07 Å². The van der Waals surface area contributed by atoms with Crippen molar-refractivity contribution in [3.8, 4) is 0 Å². The third kappa shape index (κ3) is 3.58. The van der Waals surface area contributed by atoms with Crippen molar-refractivity contribution < 1.29 is 18.3 Å². The molecule has 0 heterocycles. The maximum absolute atomic E-state index is 12.6. The van der Waals surface area contributed by atoms with Crippen molar-refractivity contribution in [3.05, 3.63) is 56.7 Å².